The molecule has 0 aliphatic rings. The SMILES string of the molecule is c1ccc(-c2ccc(N(c3ccc(-c4ccccc4-c4ccccc4)cc3)c3cccc(-c4ccc(-n5c6ccc(-c7ccccc7)cc6c6cc(-c7ccccc7)ccc65)cc4)c3)cc2)cc1. The van der Waals surface area contributed by atoms with E-state index in [4.69, 9.17) is 0 Å². The normalized spacial score (nSPS) is 11.2. The molecule has 0 fully saturated rings. The number of hydrogen-bond donors (Lipinski definition) is 0. The summed E-state index contributed by atoms with van der Waals surface area (Å²) < 4.78 is 2.41. The van der Waals surface area contributed by atoms with E-state index in [9.17, 15) is 0 Å². The summed E-state index contributed by atoms with van der Waals surface area (Å²) >= 11 is 0. The lowest BCUT2D eigenvalue weighted by molar-refractivity contribution is 1.18. The Morgan fingerprint density at radius 1 is 0.221 bits per heavy atom. The second kappa shape index (κ2) is 17.8. The second-order valence-electron chi connectivity index (χ2n) is 17.3. The highest BCUT2D eigenvalue weighted by atomic mass is 15.1. The van der Waals surface area contributed by atoms with Gasteiger partial charge in [0.2, 0.25) is 0 Å². The van der Waals surface area contributed by atoms with Gasteiger partial charge in [0, 0.05) is 33.5 Å². The molecular formula is C66H46N2. The minimum absolute atomic E-state index is 1.09. The Bertz CT molecular complexity index is 3570. The van der Waals surface area contributed by atoms with Crippen LogP contribution in [0.5, 0.6) is 0 Å². The maximum atomic E-state index is 2.41. The van der Waals surface area contributed by atoms with E-state index in [0.717, 1.165) is 33.9 Å². The van der Waals surface area contributed by atoms with Crippen molar-refractivity contribution in [1.29, 1.82) is 0 Å². The Morgan fingerprint density at radius 3 is 1.06 bits per heavy atom. The van der Waals surface area contributed by atoms with Crippen molar-refractivity contribution < 1.29 is 0 Å². The predicted octanol–water partition coefficient (Wildman–Crippen LogP) is 18.3. The number of hydrogen-bond acceptors (Lipinski definition) is 1. The van der Waals surface area contributed by atoms with E-state index in [1.807, 2.05) is 0 Å². The number of rotatable bonds is 10. The van der Waals surface area contributed by atoms with Gasteiger partial charge in [-0.1, -0.05) is 206 Å². The van der Waals surface area contributed by atoms with Gasteiger partial charge < -0.3 is 9.47 Å². The van der Waals surface area contributed by atoms with Gasteiger partial charge in [0.1, 0.15) is 0 Å². The number of nitrogens with zero attached hydrogens (tertiary/aromatic N) is 2. The summed E-state index contributed by atoms with van der Waals surface area (Å²) in [5.41, 5.74) is 21.1. The van der Waals surface area contributed by atoms with Gasteiger partial charge in [-0.25, -0.2) is 0 Å². The van der Waals surface area contributed by atoms with Crippen molar-refractivity contribution in [1.82, 2.24) is 4.57 Å². The third-order valence-corrected chi connectivity index (χ3v) is 13.2. The first-order chi connectivity index (χ1) is 33.7. The average molecular weight is 867 g/mol. The Balaban J connectivity index is 0.922. The van der Waals surface area contributed by atoms with Crippen LogP contribution in [0.15, 0.2) is 279 Å². The van der Waals surface area contributed by atoms with Crippen LogP contribution in [-0.2, 0) is 0 Å². The summed E-state index contributed by atoms with van der Waals surface area (Å²) in [4.78, 5) is 2.37. The van der Waals surface area contributed by atoms with Crippen molar-refractivity contribution in [2.24, 2.45) is 0 Å². The Labute approximate surface area is 397 Å². The maximum absolute atomic E-state index is 2.41. The van der Waals surface area contributed by atoms with Crippen LogP contribution in [-0.4, -0.2) is 4.57 Å². The van der Waals surface area contributed by atoms with Crippen LogP contribution < -0.4 is 4.90 Å². The molecular weight excluding hydrogens is 821 g/mol. The lowest BCUT2D eigenvalue weighted by Gasteiger charge is -2.26. The number of aromatic nitrogens is 1. The third-order valence-electron chi connectivity index (χ3n) is 13.2. The van der Waals surface area contributed by atoms with Gasteiger partial charge >= 0.3 is 0 Å². The molecule has 0 bridgehead atoms. The highest BCUT2D eigenvalue weighted by Crippen LogP contribution is 2.41. The van der Waals surface area contributed by atoms with E-state index in [-0.39, 0.29) is 0 Å². The van der Waals surface area contributed by atoms with Crippen LogP contribution in [0.2, 0.25) is 0 Å². The van der Waals surface area contributed by atoms with Gasteiger partial charge in [0.15, 0.2) is 0 Å². The fraction of sp³-hybridized carbons (Fsp3) is 0. The first-order valence-corrected chi connectivity index (χ1v) is 23.3. The molecule has 68 heavy (non-hydrogen) atoms. The van der Waals surface area contributed by atoms with Gasteiger partial charge in [0.05, 0.1) is 11.0 Å². The second-order valence-corrected chi connectivity index (χ2v) is 17.3. The van der Waals surface area contributed by atoms with Crippen LogP contribution in [0.3, 0.4) is 0 Å². The van der Waals surface area contributed by atoms with E-state index in [0.29, 0.717) is 0 Å². The fourth-order valence-corrected chi connectivity index (χ4v) is 9.82. The van der Waals surface area contributed by atoms with Gasteiger partial charge in [0.25, 0.3) is 0 Å². The molecule has 12 aromatic rings. The molecule has 0 saturated heterocycles. The zero-order valence-electron chi connectivity index (χ0n) is 37.5. The number of benzene rings is 11. The average Bonchev–Trinajstić information content (AvgIpc) is 3.75. The summed E-state index contributed by atoms with van der Waals surface area (Å²) in [7, 11) is 0. The van der Waals surface area contributed by atoms with E-state index in [1.165, 1.54) is 77.4 Å². The molecule has 2 heteroatoms. The Hall–Kier alpha value is -8.98. The molecule has 320 valence electrons. The molecule has 2 nitrogen and oxygen atoms in total. The monoisotopic (exact) mass is 866 g/mol. The van der Waals surface area contributed by atoms with E-state index >= 15 is 0 Å². The molecule has 0 unspecified atom stereocenters. The topological polar surface area (TPSA) is 8.17 Å². The summed E-state index contributed by atoms with van der Waals surface area (Å²) in [5, 5.41) is 2.47. The lowest BCUT2D eigenvalue weighted by atomic mass is 9.94. The van der Waals surface area contributed by atoms with Gasteiger partial charge in [-0.2, -0.15) is 0 Å². The van der Waals surface area contributed by atoms with E-state index in [2.05, 4.69) is 289 Å². The van der Waals surface area contributed by atoms with Crippen molar-refractivity contribution >= 4 is 38.9 Å². The molecule has 1 heterocycles. The number of anilines is 3. The molecule has 0 saturated carbocycles. The van der Waals surface area contributed by atoms with Crippen molar-refractivity contribution in [3.63, 3.8) is 0 Å². The molecule has 0 amide bonds. The minimum atomic E-state index is 1.09. The van der Waals surface area contributed by atoms with Gasteiger partial charge in [-0.05, 0) is 140 Å². The van der Waals surface area contributed by atoms with Crippen LogP contribution in [0.25, 0.3) is 94.3 Å². The first kappa shape index (κ1) is 40.5. The zero-order valence-corrected chi connectivity index (χ0v) is 37.5. The first-order valence-electron chi connectivity index (χ1n) is 23.3. The molecule has 1 aromatic heterocycles. The van der Waals surface area contributed by atoms with Crippen LogP contribution in [0.4, 0.5) is 17.1 Å². The zero-order chi connectivity index (χ0) is 45.2. The highest BCUT2D eigenvalue weighted by Gasteiger charge is 2.18. The molecule has 11 aromatic carbocycles. The summed E-state index contributed by atoms with van der Waals surface area (Å²) in [6.45, 7) is 0. The van der Waals surface area contributed by atoms with Crippen molar-refractivity contribution in [2.45, 2.75) is 0 Å². The molecule has 0 aliphatic carbocycles. The largest absolute Gasteiger partial charge is 0.310 e. The molecule has 0 N–H and O–H groups in total. The highest BCUT2D eigenvalue weighted by molar-refractivity contribution is 6.11. The third kappa shape index (κ3) is 7.74. The van der Waals surface area contributed by atoms with Crippen molar-refractivity contribution in [3.05, 3.63) is 279 Å². The van der Waals surface area contributed by atoms with Gasteiger partial charge in [-0.3, -0.25) is 0 Å². The van der Waals surface area contributed by atoms with Crippen LogP contribution in [0, 0.1) is 0 Å². The summed E-state index contributed by atoms with van der Waals surface area (Å²) in [6.07, 6.45) is 0. The lowest BCUT2D eigenvalue weighted by Crippen LogP contribution is -2.10. The molecule has 0 radical (unpaired) electrons. The van der Waals surface area contributed by atoms with Crippen molar-refractivity contribution in [3.8, 4) is 72.4 Å². The molecule has 0 spiro atoms. The summed E-state index contributed by atoms with van der Waals surface area (Å²) in [5.74, 6) is 0. The smallest absolute Gasteiger partial charge is 0.0541 e. The number of fused-ring (bicyclic) bond motifs is 3. The van der Waals surface area contributed by atoms with Crippen LogP contribution >= 0.6 is 0 Å². The molecule has 0 atom stereocenters. The van der Waals surface area contributed by atoms with E-state index < -0.39 is 0 Å². The Kier molecular flexibility index (Phi) is 10.6. The van der Waals surface area contributed by atoms with Crippen LogP contribution in [0.1, 0.15) is 0 Å². The molecule has 12 rings (SSSR count). The predicted molar refractivity (Wildman–Crippen MR) is 288 cm³/mol. The Morgan fingerprint density at radius 2 is 0.559 bits per heavy atom. The quantitative estimate of drug-likeness (QED) is 0.133. The minimum Gasteiger partial charge on any atom is -0.310 e. The molecule has 0 aliphatic heterocycles. The van der Waals surface area contributed by atoms with Gasteiger partial charge in [-0.15, -0.1) is 0 Å². The standard InChI is InChI=1S/C66H46N2/c1-5-16-47(17-6-1)50-28-36-57(37-29-50)67(58-40-32-53(33-41-58)62-27-14-13-26-61(62)52-22-11-4-12-23-52)60-25-15-24-54(44-60)51-30-38-59(39-31-51)68-65-42-34-55(48-18-7-2-8-19-48)45-63(65)64-46-56(35-43-66(64)68)49-20-9-3-10-21-49/h1-46H. The maximum Gasteiger partial charge on any atom is 0.0541 e. The van der Waals surface area contributed by atoms with E-state index in [1.54, 1.807) is 0 Å². The van der Waals surface area contributed by atoms with Crippen molar-refractivity contribution in [2.75, 3.05) is 4.90 Å². The fourth-order valence-electron chi connectivity index (χ4n) is 9.82. The summed E-state index contributed by atoms with van der Waals surface area (Å²) in [6, 6.07) is 101.